The normalized spacial score (nSPS) is 12.3. The van der Waals surface area contributed by atoms with Crippen LogP contribution in [-0.4, -0.2) is 28.3 Å². The fourth-order valence-corrected chi connectivity index (χ4v) is 3.53. The molecule has 4 nitrogen and oxygen atoms in total. The second-order valence-corrected chi connectivity index (χ2v) is 9.16. The Balaban J connectivity index is 2.22. The van der Waals surface area contributed by atoms with Crippen LogP contribution in [0.2, 0.25) is 0 Å². The number of aryl methyl sites for hydroxylation is 3. The van der Waals surface area contributed by atoms with Crippen LogP contribution in [-0.2, 0) is 22.6 Å². The van der Waals surface area contributed by atoms with Crippen LogP contribution in [0.1, 0.15) is 62.8 Å². The molecule has 162 valence electrons. The minimum absolute atomic E-state index is 0.00740. The molecule has 0 spiro atoms. The van der Waals surface area contributed by atoms with Gasteiger partial charge in [-0.3, -0.25) is 9.59 Å². The van der Waals surface area contributed by atoms with Crippen LogP contribution in [0.25, 0.3) is 0 Å². The summed E-state index contributed by atoms with van der Waals surface area (Å²) < 4.78 is 0. The number of carbonyl (C=O) groups excluding carboxylic acids is 2. The average molecular weight is 409 g/mol. The summed E-state index contributed by atoms with van der Waals surface area (Å²) in [6.07, 6.45) is 1.62. The SMILES string of the molecule is CC[C@H](C(=O)NC(C)(C)C)N(Cc1cccc(C)c1)C(=O)CCc1ccc(C)cc1. The quantitative estimate of drug-likeness (QED) is 0.671. The van der Waals surface area contributed by atoms with Gasteiger partial charge in [-0.1, -0.05) is 66.6 Å². The van der Waals surface area contributed by atoms with Gasteiger partial charge in [-0.25, -0.2) is 0 Å². The Morgan fingerprint density at radius 2 is 1.63 bits per heavy atom. The first kappa shape index (κ1) is 23.7. The molecule has 0 aliphatic rings. The van der Waals surface area contributed by atoms with Crippen molar-refractivity contribution >= 4 is 11.8 Å². The monoisotopic (exact) mass is 408 g/mol. The predicted molar refractivity (Wildman–Crippen MR) is 123 cm³/mol. The third kappa shape index (κ3) is 7.33. The van der Waals surface area contributed by atoms with Gasteiger partial charge in [0.05, 0.1) is 0 Å². The largest absolute Gasteiger partial charge is 0.350 e. The lowest BCUT2D eigenvalue weighted by molar-refractivity contribution is -0.142. The third-order valence-electron chi connectivity index (χ3n) is 5.07. The highest BCUT2D eigenvalue weighted by molar-refractivity contribution is 5.88. The van der Waals surface area contributed by atoms with E-state index in [0.717, 1.165) is 16.7 Å². The maximum absolute atomic E-state index is 13.3. The Labute approximate surface area is 181 Å². The summed E-state index contributed by atoms with van der Waals surface area (Å²) in [7, 11) is 0. The van der Waals surface area contributed by atoms with Crippen molar-refractivity contribution in [3.63, 3.8) is 0 Å². The van der Waals surface area contributed by atoms with Crippen LogP contribution in [0.15, 0.2) is 48.5 Å². The number of nitrogens with one attached hydrogen (secondary N) is 1. The highest BCUT2D eigenvalue weighted by Crippen LogP contribution is 2.17. The second-order valence-electron chi connectivity index (χ2n) is 9.16. The molecule has 2 aromatic carbocycles. The lowest BCUT2D eigenvalue weighted by Gasteiger charge is -2.33. The van der Waals surface area contributed by atoms with Gasteiger partial charge in [0.25, 0.3) is 0 Å². The lowest BCUT2D eigenvalue weighted by atomic mass is 10.0. The number of amides is 2. The van der Waals surface area contributed by atoms with Gasteiger partial charge in [0.15, 0.2) is 0 Å². The van der Waals surface area contributed by atoms with Crippen molar-refractivity contribution in [1.82, 2.24) is 10.2 Å². The molecule has 0 aliphatic carbocycles. The number of rotatable bonds is 8. The van der Waals surface area contributed by atoms with Gasteiger partial charge in [0.2, 0.25) is 11.8 Å². The Bertz CT molecular complexity index is 850. The molecule has 0 aliphatic heterocycles. The molecule has 0 radical (unpaired) electrons. The molecule has 0 heterocycles. The molecule has 4 heteroatoms. The maximum atomic E-state index is 13.3. The van der Waals surface area contributed by atoms with Crippen molar-refractivity contribution in [1.29, 1.82) is 0 Å². The van der Waals surface area contributed by atoms with Gasteiger partial charge in [0.1, 0.15) is 6.04 Å². The Hall–Kier alpha value is -2.62. The van der Waals surface area contributed by atoms with Crippen molar-refractivity contribution in [2.75, 3.05) is 0 Å². The third-order valence-corrected chi connectivity index (χ3v) is 5.07. The van der Waals surface area contributed by atoms with E-state index in [-0.39, 0.29) is 17.4 Å². The van der Waals surface area contributed by atoms with Gasteiger partial charge in [-0.05, 0) is 58.6 Å². The number of carbonyl (C=O) groups is 2. The fraction of sp³-hybridized carbons (Fsp3) is 0.462. The molecule has 0 unspecified atom stereocenters. The van der Waals surface area contributed by atoms with E-state index < -0.39 is 6.04 Å². The molecule has 2 rings (SSSR count). The van der Waals surface area contributed by atoms with Crippen LogP contribution >= 0.6 is 0 Å². The van der Waals surface area contributed by atoms with E-state index in [1.165, 1.54) is 5.56 Å². The number of hydrogen-bond acceptors (Lipinski definition) is 2. The summed E-state index contributed by atoms with van der Waals surface area (Å²) in [5.41, 5.74) is 4.19. The molecular formula is C26H36N2O2. The van der Waals surface area contributed by atoms with Crippen molar-refractivity contribution in [3.05, 3.63) is 70.8 Å². The Morgan fingerprint density at radius 3 is 2.20 bits per heavy atom. The summed E-state index contributed by atoms with van der Waals surface area (Å²) in [5.74, 6) is -0.0886. The van der Waals surface area contributed by atoms with Crippen LogP contribution in [0.4, 0.5) is 0 Å². The molecule has 2 amide bonds. The van der Waals surface area contributed by atoms with Crippen molar-refractivity contribution in [2.45, 2.75) is 78.9 Å². The van der Waals surface area contributed by atoms with E-state index in [1.807, 2.05) is 52.8 Å². The highest BCUT2D eigenvalue weighted by Gasteiger charge is 2.30. The van der Waals surface area contributed by atoms with Crippen LogP contribution < -0.4 is 5.32 Å². The zero-order valence-corrected chi connectivity index (χ0v) is 19.3. The van der Waals surface area contributed by atoms with Crippen LogP contribution in [0.3, 0.4) is 0 Å². The fourth-order valence-electron chi connectivity index (χ4n) is 3.53. The summed E-state index contributed by atoms with van der Waals surface area (Å²) in [6, 6.07) is 15.9. The molecule has 1 N–H and O–H groups in total. The van der Waals surface area contributed by atoms with Gasteiger partial charge in [-0.15, -0.1) is 0 Å². The first-order valence-electron chi connectivity index (χ1n) is 10.8. The predicted octanol–water partition coefficient (Wildman–Crippen LogP) is 4.96. The van der Waals surface area contributed by atoms with E-state index in [9.17, 15) is 9.59 Å². The van der Waals surface area contributed by atoms with Gasteiger partial charge in [-0.2, -0.15) is 0 Å². The molecular weight excluding hydrogens is 372 g/mol. The van der Waals surface area contributed by atoms with Crippen molar-refractivity contribution in [2.24, 2.45) is 0 Å². The Morgan fingerprint density at radius 1 is 0.967 bits per heavy atom. The number of hydrogen-bond donors (Lipinski definition) is 1. The first-order valence-corrected chi connectivity index (χ1v) is 10.8. The first-order chi connectivity index (χ1) is 14.1. The molecule has 0 fully saturated rings. The van der Waals surface area contributed by atoms with Crippen LogP contribution in [0, 0.1) is 13.8 Å². The van der Waals surface area contributed by atoms with E-state index in [1.54, 1.807) is 4.90 Å². The molecule has 30 heavy (non-hydrogen) atoms. The molecule has 2 aromatic rings. The average Bonchev–Trinajstić information content (AvgIpc) is 2.66. The summed E-state index contributed by atoms with van der Waals surface area (Å²) in [4.78, 5) is 28.0. The number of benzene rings is 2. The molecule has 0 saturated carbocycles. The Kier molecular flexibility index (Phi) is 8.22. The van der Waals surface area contributed by atoms with E-state index in [2.05, 4.69) is 42.6 Å². The zero-order valence-electron chi connectivity index (χ0n) is 19.3. The minimum atomic E-state index is -0.491. The highest BCUT2D eigenvalue weighted by atomic mass is 16.2. The molecule has 1 atom stereocenters. The molecule has 0 aromatic heterocycles. The lowest BCUT2D eigenvalue weighted by Crippen LogP contribution is -2.53. The topological polar surface area (TPSA) is 49.4 Å². The van der Waals surface area contributed by atoms with Gasteiger partial charge < -0.3 is 10.2 Å². The van der Waals surface area contributed by atoms with Crippen LogP contribution in [0.5, 0.6) is 0 Å². The number of nitrogens with zero attached hydrogens (tertiary/aromatic N) is 1. The van der Waals surface area contributed by atoms with E-state index in [4.69, 9.17) is 0 Å². The van der Waals surface area contributed by atoms with Crippen molar-refractivity contribution in [3.8, 4) is 0 Å². The summed E-state index contributed by atoms with van der Waals surface area (Å²) in [5, 5.41) is 3.05. The minimum Gasteiger partial charge on any atom is -0.350 e. The van der Waals surface area contributed by atoms with Gasteiger partial charge >= 0.3 is 0 Å². The smallest absolute Gasteiger partial charge is 0.243 e. The second kappa shape index (κ2) is 10.4. The summed E-state index contributed by atoms with van der Waals surface area (Å²) in [6.45, 7) is 12.4. The zero-order chi connectivity index (χ0) is 22.3. The van der Waals surface area contributed by atoms with E-state index >= 15 is 0 Å². The van der Waals surface area contributed by atoms with Gasteiger partial charge in [0, 0.05) is 18.5 Å². The van der Waals surface area contributed by atoms with Crippen molar-refractivity contribution < 1.29 is 9.59 Å². The van der Waals surface area contributed by atoms with E-state index in [0.29, 0.717) is 25.8 Å². The standard InChI is InChI=1S/C26H36N2O2/c1-7-23(25(30)27-26(4,5)6)28(18-22-10-8-9-20(3)17-22)24(29)16-15-21-13-11-19(2)12-14-21/h8-14,17,23H,7,15-16,18H2,1-6H3,(H,27,30)/t23-/m1/s1. The molecule has 0 saturated heterocycles. The molecule has 0 bridgehead atoms. The maximum Gasteiger partial charge on any atom is 0.243 e. The summed E-state index contributed by atoms with van der Waals surface area (Å²) >= 11 is 0.